The Hall–Kier alpha value is -2.44. The lowest BCUT2D eigenvalue weighted by Gasteiger charge is -2.39. The smallest absolute Gasteiger partial charge is 0.242 e. The number of carbonyl (C=O) groups excluding carboxylic acids is 3. The highest BCUT2D eigenvalue weighted by Crippen LogP contribution is 2.30. The molecule has 7 heteroatoms. The van der Waals surface area contributed by atoms with Gasteiger partial charge in [0.05, 0.1) is 6.54 Å². The zero-order valence-corrected chi connectivity index (χ0v) is 17.8. The molecule has 0 aromatic carbocycles. The first-order valence-corrected chi connectivity index (χ1v) is 11.4. The number of hydrogen-bond donors (Lipinski definition) is 2. The maximum Gasteiger partial charge on any atom is 0.242 e. The lowest BCUT2D eigenvalue weighted by molar-refractivity contribution is -0.138. The summed E-state index contributed by atoms with van der Waals surface area (Å²) in [7, 11) is 0. The predicted octanol–water partition coefficient (Wildman–Crippen LogP) is 3.41. The van der Waals surface area contributed by atoms with Crippen LogP contribution in [0.5, 0.6) is 0 Å². The molecule has 7 nitrogen and oxygen atoms in total. The number of pyridine rings is 1. The number of nitrogens with one attached hydrogen (secondary N) is 2. The van der Waals surface area contributed by atoms with E-state index in [4.69, 9.17) is 0 Å². The molecule has 1 aromatic heterocycles. The summed E-state index contributed by atoms with van der Waals surface area (Å²) >= 11 is 0. The minimum absolute atomic E-state index is 0.0510. The Morgan fingerprint density at radius 2 is 1.53 bits per heavy atom. The molecule has 2 saturated carbocycles. The quantitative estimate of drug-likeness (QED) is 0.648. The van der Waals surface area contributed by atoms with E-state index >= 15 is 0 Å². The Balaban J connectivity index is 1.39. The molecule has 2 aliphatic carbocycles. The highest BCUT2D eigenvalue weighted by molar-refractivity contribution is 5.90. The van der Waals surface area contributed by atoms with E-state index in [1.807, 2.05) is 0 Å². The molecule has 2 fully saturated rings. The summed E-state index contributed by atoms with van der Waals surface area (Å²) in [5, 5.41) is 5.48. The van der Waals surface area contributed by atoms with Gasteiger partial charge in [-0.05, 0) is 44.2 Å². The molecule has 0 atom stereocenters. The van der Waals surface area contributed by atoms with E-state index in [0.717, 1.165) is 25.7 Å². The van der Waals surface area contributed by atoms with Crippen molar-refractivity contribution in [1.82, 2.24) is 15.2 Å². The Morgan fingerprint density at radius 3 is 2.17 bits per heavy atom. The van der Waals surface area contributed by atoms with Gasteiger partial charge in [0.15, 0.2) is 0 Å². The second-order valence-corrected chi connectivity index (χ2v) is 8.42. The van der Waals surface area contributed by atoms with Crippen LogP contribution in [-0.2, 0) is 14.4 Å². The third-order valence-electron chi connectivity index (χ3n) is 6.15. The monoisotopic (exact) mass is 414 g/mol. The van der Waals surface area contributed by atoms with Crippen LogP contribution in [0.3, 0.4) is 0 Å². The van der Waals surface area contributed by atoms with Gasteiger partial charge in [-0.2, -0.15) is 0 Å². The van der Waals surface area contributed by atoms with Crippen LogP contribution in [0.4, 0.5) is 5.82 Å². The van der Waals surface area contributed by atoms with Gasteiger partial charge >= 0.3 is 0 Å². The van der Waals surface area contributed by atoms with E-state index in [1.54, 1.807) is 24.4 Å². The molecule has 2 aliphatic rings. The van der Waals surface area contributed by atoms with E-state index in [1.165, 1.54) is 32.1 Å². The number of rotatable bonds is 9. The number of amides is 3. The highest BCUT2D eigenvalue weighted by atomic mass is 16.2. The molecule has 2 N–H and O–H groups in total. The number of anilines is 1. The molecule has 3 rings (SSSR count). The van der Waals surface area contributed by atoms with Crippen LogP contribution in [0.2, 0.25) is 0 Å². The van der Waals surface area contributed by atoms with Crippen molar-refractivity contribution in [2.24, 2.45) is 0 Å². The Kier molecular flexibility index (Phi) is 8.66. The fraction of sp³-hybridized carbons (Fsp3) is 0.652. The van der Waals surface area contributed by atoms with Gasteiger partial charge in [-0.3, -0.25) is 14.4 Å². The molecule has 1 aromatic rings. The van der Waals surface area contributed by atoms with Crippen LogP contribution >= 0.6 is 0 Å². The van der Waals surface area contributed by atoms with E-state index in [2.05, 4.69) is 20.5 Å². The molecule has 3 amide bonds. The highest BCUT2D eigenvalue weighted by Gasteiger charge is 2.33. The van der Waals surface area contributed by atoms with Crippen molar-refractivity contribution in [3.05, 3.63) is 24.4 Å². The van der Waals surface area contributed by atoms with Crippen LogP contribution in [0.25, 0.3) is 0 Å². The van der Waals surface area contributed by atoms with Gasteiger partial charge < -0.3 is 15.5 Å². The normalized spacial score (nSPS) is 17.5. The van der Waals surface area contributed by atoms with Gasteiger partial charge in [0.25, 0.3) is 0 Å². The van der Waals surface area contributed by atoms with Crippen molar-refractivity contribution < 1.29 is 14.4 Å². The minimum Gasteiger partial charge on any atom is -0.347 e. The van der Waals surface area contributed by atoms with Gasteiger partial charge in [-0.25, -0.2) is 4.98 Å². The second-order valence-electron chi connectivity index (χ2n) is 8.42. The molecule has 0 spiro atoms. The van der Waals surface area contributed by atoms with E-state index in [-0.39, 0.29) is 37.1 Å². The lowest BCUT2D eigenvalue weighted by atomic mass is 9.92. The van der Waals surface area contributed by atoms with Crippen LogP contribution in [0.15, 0.2) is 24.4 Å². The van der Waals surface area contributed by atoms with Gasteiger partial charge in [-0.15, -0.1) is 0 Å². The number of carbonyl (C=O) groups is 3. The third kappa shape index (κ3) is 6.82. The summed E-state index contributed by atoms with van der Waals surface area (Å²) in [6.07, 6.45) is 12.9. The zero-order valence-electron chi connectivity index (χ0n) is 17.8. The molecule has 0 aliphatic heterocycles. The molecule has 0 unspecified atom stereocenters. The van der Waals surface area contributed by atoms with Gasteiger partial charge in [0.1, 0.15) is 5.82 Å². The Bertz CT molecular complexity index is 698. The molecule has 1 heterocycles. The number of aromatic nitrogens is 1. The molecule has 30 heavy (non-hydrogen) atoms. The van der Waals surface area contributed by atoms with Crippen molar-refractivity contribution in [2.45, 2.75) is 89.1 Å². The summed E-state index contributed by atoms with van der Waals surface area (Å²) in [4.78, 5) is 43.2. The zero-order chi connectivity index (χ0) is 21.2. The largest absolute Gasteiger partial charge is 0.347 e. The maximum absolute atomic E-state index is 13.0. The van der Waals surface area contributed by atoms with Crippen molar-refractivity contribution in [1.29, 1.82) is 0 Å². The molecular formula is C23H34N4O3. The number of hydrogen-bond acceptors (Lipinski definition) is 4. The van der Waals surface area contributed by atoms with Crippen molar-refractivity contribution in [3.63, 3.8) is 0 Å². The summed E-state index contributed by atoms with van der Waals surface area (Å²) in [5.41, 5.74) is 0. The van der Waals surface area contributed by atoms with Crippen molar-refractivity contribution in [2.75, 3.05) is 11.9 Å². The molecule has 0 saturated heterocycles. The SMILES string of the molecule is O=C(CCCC(=O)Nc1ccccn1)NCC(=O)N(C1CCCCC1)C1CCCC1. The fourth-order valence-corrected chi connectivity index (χ4v) is 4.65. The summed E-state index contributed by atoms with van der Waals surface area (Å²) in [5.74, 6) is 0.216. The third-order valence-corrected chi connectivity index (χ3v) is 6.15. The van der Waals surface area contributed by atoms with E-state index in [9.17, 15) is 14.4 Å². The summed E-state index contributed by atoms with van der Waals surface area (Å²) in [6.45, 7) is 0.0615. The van der Waals surface area contributed by atoms with Crippen LogP contribution in [-0.4, -0.2) is 46.2 Å². The average molecular weight is 415 g/mol. The van der Waals surface area contributed by atoms with Gasteiger partial charge in [0.2, 0.25) is 17.7 Å². The first-order chi connectivity index (χ1) is 14.6. The van der Waals surface area contributed by atoms with Crippen LogP contribution < -0.4 is 10.6 Å². The second kappa shape index (κ2) is 11.7. The molecule has 0 bridgehead atoms. The standard InChI is InChI=1S/C23H34N4O3/c28-21(14-8-15-22(29)26-20-13-6-7-16-24-20)25-17-23(30)27(19-11-4-5-12-19)18-9-2-1-3-10-18/h6-7,13,16,18-19H,1-5,8-12,14-15,17H2,(H,25,28)(H,24,26,29). The van der Waals surface area contributed by atoms with Crippen LogP contribution in [0, 0.1) is 0 Å². The van der Waals surface area contributed by atoms with E-state index in [0.29, 0.717) is 24.3 Å². The van der Waals surface area contributed by atoms with Crippen molar-refractivity contribution in [3.8, 4) is 0 Å². The predicted molar refractivity (Wildman–Crippen MR) is 116 cm³/mol. The Morgan fingerprint density at radius 1 is 0.900 bits per heavy atom. The van der Waals surface area contributed by atoms with Crippen LogP contribution in [0.1, 0.15) is 77.0 Å². The van der Waals surface area contributed by atoms with Crippen molar-refractivity contribution >= 4 is 23.5 Å². The summed E-state index contributed by atoms with van der Waals surface area (Å²) < 4.78 is 0. The summed E-state index contributed by atoms with van der Waals surface area (Å²) in [6, 6.07) is 5.98. The maximum atomic E-state index is 13.0. The van der Waals surface area contributed by atoms with E-state index < -0.39 is 0 Å². The molecule has 0 radical (unpaired) electrons. The minimum atomic E-state index is -0.177. The topological polar surface area (TPSA) is 91.4 Å². The lowest BCUT2D eigenvalue weighted by Crippen LogP contribution is -2.50. The average Bonchev–Trinajstić information content (AvgIpc) is 3.28. The van der Waals surface area contributed by atoms with Gasteiger partial charge in [0, 0.05) is 31.1 Å². The first-order valence-electron chi connectivity index (χ1n) is 11.4. The van der Waals surface area contributed by atoms with Gasteiger partial charge in [-0.1, -0.05) is 38.2 Å². The molecular weight excluding hydrogens is 380 g/mol. The molecule has 164 valence electrons. The first kappa shape index (κ1) is 22.2. The Labute approximate surface area is 179 Å². The number of nitrogens with zero attached hydrogens (tertiary/aromatic N) is 2. The fourth-order valence-electron chi connectivity index (χ4n) is 4.65.